The summed E-state index contributed by atoms with van der Waals surface area (Å²) in [6.45, 7) is 2.16. The lowest BCUT2D eigenvalue weighted by atomic mass is 10.0. The van der Waals surface area contributed by atoms with Crippen LogP contribution in [0.3, 0.4) is 0 Å². The Labute approximate surface area is 143 Å². The lowest BCUT2D eigenvalue weighted by Gasteiger charge is -2.06. The number of halogens is 1. The molecule has 1 atom stereocenters. The highest BCUT2D eigenvalue weighted by molar-refractivity contribution is 6.20. The number of methoxy groups -OCH3 is 1. The molecule has 0 amide bonds. The normalized spacial score (nSPS) is 12.3. The second-order valence-corrected chi connectivity index (χ2v) is 6.98. The summed E-state index contributed by atoms with van der Waals surface area (Å²) in [5, 5.41) is 0.396. The molecule has 0 saturated carbocycles. The Kier molecular flexibility index (Phi) is 16.9. The van der Waals surface area contributed by atoms with Crippen molar-refractivity contribution in [2.45, 2.75) is 109 Å². The van der Waals surface area contributed by atoms with Gasteiger partial charge >= 0.3 is 5.97 Å². The average Bonchev–Trinajstić information content (AvgIpc) is 2.54. The highest BCUT2D eigenvalue weighted by Gasteiger charge is 2.00. The molecule has 0 aliphatic carbocycles. The van der Waals surface area contributed by atoms with Gasteiger partial charge < -0.3 is 4.74 Å². The standard InChI is InChI=1S/C19H37ClO2/c1-3-18(20)16-14-12-10-8-6-4-5-7-9-11-13-15-17-19(21)22-2/h18H,3-17H2,1-2H3. The molecular formula is C19H37ClO2. The summed E-state index contributed by atoms with van der Waals surface area (Å²) in [5.74, 6) is -0.0729. The van der Waals surface area contributed by atoms with Gasteiger partial charge in [-0.25, -0.2) is 0 Å². The van der Waals surface area contributed by atoms with E-state index in [4.69, 9.17) is 11.6 Å². The van der Waals surface area contributed by atoms with Crippen molar-refractivity contribution in [2.24, 2.45) is 0 Å². The molecule has 0 aliphatic rings. The molecule has 0 fully saturated rings. The fourth-order valence-electron chi connectivity index (χ4n) is 2.71. The minimum atomic E-state index is -0.0729. The number of unbranched alkanes of at least 4 members (excludes halogenated alkanes) is 11. The van der Waals surface area contributed by atoms with Crippen molar-refractivity contribution in [1.82, 2.24) is 0 Å². The van der Waals surface area contributed by atoms with Gasteiger partial charge in [-0.1, -0.05) is 77.6 Å². The van der Waals surface area contributed by atoms with Gasteiger partial charge in [0.1, 0.15) is 0 Å². The van der Waals surface area contributed by atoms with E-state index in [0.29, 0.717) is 11.8 Å². The third-order valence-corrected chi connectivity index (χ3v) is 4.85. The Morgan fingerprint density at radius 2 is 1.23 bits per heavy atom. The lowest BCUT2D eigenvalue weighted by molar-refractivity contribution is -0.140. The van der Waals surface area contributed by atoms with Crippen LogP contribution in [0.4, 0.5) is 0 Å². The highest BCUT2D eigenvalue weighted by Crippen LogP contribution is 2.15. The molecule has 0 bridgehead atoms. The van der Waals surface area contributed by atoms with Crippen LogP contribution in [0.2, 0.25) is 0 Å². The number of alkyl halides is 1. The van der Waals surface area contributed by atoms with E-state index in [9.17, 15) is 4.79 Å². The predicted molar refractivity (Wildman–Crippen MR) is 96.6 cm³/mol. The molecule has 0 spiro atoms. The molecule has 0 rings (SSSR count). The van der Waals surface area contributed by atoms with Crippen LogP contribution in [0, 0.1) is 0 Å². The first-order valence-electron chi connectivity index (χ1n) is 9.41. The van der Waals surface area contributed by atoms with Crippen molar-refractivity contribution in [3.05, 3.63) is 0 Å². The Bertz CT molecular complexity index is 244. The first kappa shape index (κ1) is 21.8. The van der Waals surface area contributed by atoms with Crippen LogP contribution in [-0.2, 0) is 9.53 Å². The molecule has 132 valence electrons. The number of hydrogen-bond acceptors (Lipinski definition) is 2. The minimum absolute atomic E-state index is 0.0729. The first-order valence-corrected chi connectivity index (χ1v) is 9.85. The summed E-state index contributed by atoms with van der Waals surface area (Å²) in [5.41, 5.74) is 0. The highest BCUT2D eigenvalue weighted by atomic mass is 35.5. The second-order valence-electron chi connectivity index (χ2n) is 6.36. The summed E-state index contributed by atoms with van der Waals surface area (Å²) >= 11 is 6.11. The van der Waals surface area contributed by atoms with E-state index in [2.05, 4.69) is 11.7 Å². The van der Waals surface area contributed by atoms with Crippen molar-refractivity contribution in [2.75, 3.05) is 7.11 Å². The van der Waals surface area contributed by atoms with Gasteiger partial charge in [-0.2, -0.15) is 0 Å². The van der Waals surface area contributed by atoms with E-state index in [0.717, 1.165) is 19.3 Å². The third-order valence-electron chi connectivity index (χ3n) is 4.32. The van der Waals surface area contributed by atoms with Crippen LogP contribution in [-0.4, -0.2) is 18.5 Å². The fourth-order valence-corrected chi connectivity index (χ4v) is 2.86. The summed E-state index contributed by atoms with van der Waals surface area (Å²) in [7, 11) is 1.46. The van der Waals surface area contributed by atoms with Gasteiger partial charge in [-0.3, -0.25) is 4.79 Å². The Morgan fingerprint density at radius 3 is 1.64 bits per heavy atom. The first-order chi connectivity index (χ1) is 10.7. The Hall–Kier alpha value is -0.240. The maximum absolute atomic E-state index is 10.9. The molecule has 22 heavy (non-hydrogen) atoms. The zero-order chi connectivity index (χ0) is 16.5. The molecule has 0 aliphatic heterocycles. The van der Waals surface area contributed by atoms with E-state index < -0.39 is 0 Å². The predicted octanol–water partition coefficient (Wildman–Crippen LogP) is 6.64. The maximum atomic E-state index is 10.9. The van der Waals surface area contributed by atoms with E-state index in [1.54, 1.807) is 0 Å². The SMILES string of the molecule is CCC(Cl)CCCCCCCCCCCCCCC(=O)OC. The van der Waals surface area contributed by atoms with Crippen LogP contribution in [0.25, 0.3) is 0 Å². The quantitative estimate of drug-likeness (QED) is 0.180. The van der Waals surface area contributed by atoms with Crippen molar-refractivity contribution >= 4 is 17.6 Å². The van der Waals surface area contributed by atoms with E-state index in [1.165, 1.54) is 77.7 Å². The van der Waals surface area contributed by atoms with Crippen LogP contribution in [0.5, 0.6) is 0 Å². The van der Waals surface area contributed by atoms with Crippen molar-refractivity contribution in [3.63, 3.8) is 0 Å². The summed E-state index contributed by atoms with van der Waals surface area (Å²) < 4.78 is 4.63. The molecule has 0 N–H and O–H groups in total. The molecule has 2 nitrogen and oxygen atoms in total. The number of carbonyl (C=O) groups excluding carboxylic acids is 1. The summed E-state index contributed by atoms with van der Waals surface area (Å²) in [6.07, 6.45) is 18.5. The Balaban J connectivity index is 3.04. The van der Waals surface area contributed by atoms with Crippen molar-refractivity contribution in [3.8, 4) is 0 Å². The topological polar surface area (TPSA) is 26.3 Å². The minimum Gasteiger partial charge on any atom is -0.469 e. The van der Waals surface area contributed by atoms with Gasteiger partial charge in [0, 0.05) is 11.8 Å². The third kappa shape index (κ3) is 16.1. The molecule has 0 aromatic rings. The second kappa shape index (κ2) is 17.1. The van der Waals surface area contributed by atoms with E-state index in [-0.39, 0.29) is 5.97 Å². The van der Waals surface area contributed by atoms with Crippen molar-refractivity contribution < 1.29 is 9.53 Å². The van der Waals surface area contributed by atoms with Gasteiger partial charge in [0.2, 0.25) is 0 Å². The Morgan fingerprint density at radius 1 is 0.818 bits per heavy atom. The van der Waals surface area contributed by atoms with Gasteiger partial charge in [0.25, 0.3) is 0 Å². The number of carbonyl (C=O) groups is 1. The zero-order valence-corrected chi connectivity index (χ0v) is 15.6. The lowest BCUT2D eigenvalue weighted by Crippen LogP contribution is -1.99. The number of esters is 1. The van der Waals surface area contributed by atoms with Crippen molar-refractivity contribution in [1.29, 1.82) is 0 Å². The number of ether oxygens (including phenoxy) is 1. The van der Waals surface area contributed by atoms with Gasteiger partial charge in [-0.05, 0) is 19.3 Å². The van der Waals surface area contributed by atoms with Crippen LogP contribution < -0.4 is 0 Å². The molecule has 0 saturated heterocycles. The molecule has 0 aromatic carbocycles. The van der Waals surface area contributed by atoms with E-state index in [1.807, 2.05) is 0 Å². The van der Waals surface area contributed by atoms with Gasteiger partial charge in [0.05, 0.1) is 7.11 Å². The fraction of sp³-hybridized carbons (Fsp3) is 0.947. The molecule has 0 radical (unpaired) electrons. The monoisotopic (exact) mass is 332 g/mol. The molecule has 3 heteroatoms. The molecular weight excluding hydrogens is 296 g/mol. The van der Waals surface area contributed by atoms with Gasteiger partial charge in [0.15, 0.2) is 0 Å². The molecule has 0 aromatic heterocycles. The van der Waals surface area contributed by atoms with Crippen LogP contribution in [0.15, 0.2) is 0 Å². The van der Waals surface area contributed by atoms with Crippen LogP contribution >= 0.6 is 11.6 Å². The maximum Gasteiger partial charge on any atom is 0.305 e. The summed E-state index contributed by atoms with van der Waals surface area (Å²) in [6, 6.07) is 0. The molecule has 1 unspecified atom stereocenters. The zero-order valence-electron chi connectivity index (χ0n) is 14.9. The van der Waals surface area contributed by atoms with Crippen LogP contribution in [0.1, 0.15) is 103 Å². The smallest absolute Gasteiger partial charge is 0.305 e. The molecule has 0 heterocycles. The number of rotatable bonds is 16. The summed E-state index contributed by atoms with van der Waals surface area (Å²) in [4.78, 5) is 10.9. The average molecular weight is 333 g/mol. The largest absolute Gasteiger partial charge is 0.469 e. The number of hydrogen-bond donors (Lipinski definition) is 0. The van der Waals surface area contributed by atoms with E-state index >= 15 is 0 Å². The van der Waals surface area contributed by atoms with Gasteiger partial charge in [-0.15, -0.1) is 11.6 Å².